The van der Waals surface area contributed by atoms with Crippen molar-refractivity contribution in [1.82, 2.24) is 10.6 Å². The summed E-state index contributed by atoms with van der Waals surface area (Å²) in [6.45, 7) is 10.2. The third kappa shape index (κ3) is 15.8. The van der Waals surface area contributed by atoms with Crippen molar-refractivity contribution in [2.45, 2.75) is 96.9 Å². The summed E-state index contributed by atoms with van der Waals surface area (Å²) >= 11 is 0. The molecular formula is C33H46IN5O7. The van der Waals surface area contributed by atoms with E-state index in [1.807, 2.05) is 6.07 Å². The van der Waals surface area contributed by atoms with E-state index in [9.17, 15) is 24.0 Å². The van der Waals surface area contributed by atoms with Gasteiger partial charge >= 0.3 is 11.9 Å². The summed E-state index contributed by atoms with van der Waals surface area (Å²) in [5, 5.41) is 15.4. The monoisotopic (exact) mass is 751 g/mol. The molecule has 0 aliphatic rings. The lowest BCUT2D eigenvalue weighted by Crippen LogP contribution is -2.54. The van der Waals surface area contributed by atoms with E-state index in [1.165, 1.54) is 0 Å². The smallest absolute Gasteiger partial charge is 0.329 e. The summed E-state index contributed by atoms with van der Waals surface area (Å²) in [5.74, 6) is -3.11. The second-order valence-corrected chi connectivity index (χ2v) is 12.6. The van der Waals surface area contributed by atoms with Gasteiger partial charge in [-0.05, 0) is 77.8 Å². The number of nitrogen functional groups attached to an aromatic ring is 1. The molecule has 0 aliphatic carbocycles. The normalized spacial score (nSPS) is 12.4. The number of rotatable bonds is 14. The van der Waals surface area contributed by atoms with Crippen LogP contribution in [0.3, 0.4) is 0 Å². The molecule has 0 saturated heterocycles. The van der Waals surface area contributed by atoms with Crippen LogP contribution in [0.15, 0.2) is 54.6 Å². The second-order valence-electron chi connectivity index (χ2n) is 12.6. The van der Waals surface area contributed by atoms with Crippen molar-refractivity contribution in [3.63, 3.8) is 0 Å². The highest BCUT2D eigenvalue weighted by Crippen LogP contribution is 2.14. The first-order chi connectivity index (χ1) is 20.9. The minimum atomic E-state index is -1.35. The first kappa shape index (κ1) is 40.0. The molecule has 0 fully saturated rings. The average Bonchev–Trinajstić information content (AvgIpc) is 2.91. The Morgan fingerprint density at radius 3 is 1.89 bits per heavy atom. The van der Waals surface area contributed by atoms with E-state index in [1.54, 1.807) is 90.1 Å². The number of halogens is 1. The Morgan fingerprint density at radius 1 is 0.783 bits per heavy atom. The van der Waals surface area contributed by atoms with Crippen LogP contribution < -0.4 is 21.7 Å². The maximum atomic E-state index is 13.5. The lowest BCUT2D eigenvalue weighted by atomic mass is 10.0. The Labute approximate surface area is 287 Å². The summed E-state index contributed by atoms with van der Waals surface area (Å²) in [5.41, 5.74) is 5.61. The van der Waals surface area contributed by atoms with Crippen molar-refractivity contribution < 1.29 is 33.4 Å². The minimum absolute atomic E-state index is 0. The first-order valence-electron chi connectivity index (χ1n) is 14.7. The zero-order chi connectivity index (χ0) is 33.8. The van der Waals surface area contributed by atoms with Gasteiger partial charge in [-0.1, -0.05) is 30.3 Å². The highest BCUT2D eigenvalue weighted by atomic mass is 127. The second kappa shape index (κ2) is 18.2. The Bertz CT molecular complexity index is 1350. The third-order valence-corrected chi connectivity index (χ3v) is 6.02. The number of hydrogen-bond acceptors (Lipinski definition) is 8. The molecule has 0 radical (unpaired) electrons. The number of ether oxygens (including phenoxy) is 2. The Kier molecular flexibility index (Phi) is 15.8. The molecule has 0 unspecified atom stereocenters. The van der Waals surface area contributed by atoms with Gasteiger partial charge in [-0.25, -0.2) is 4.79 Å². The summed E-state index contributed by atoms with van der Waals surface area (Å²) in [6, 6.07) is 13.1. The van der Waals surface area contributed by atoms with Gasteiger partial charge in [0.25, 0.3) is 0 Å². The van der Waals surface area contributed by atoms with Gasteiger partial charge in [-0.3, -0.25) is 24.6 Å². The van der Waals surface area contributed by atoms with Crippen LogP contribution in [-0.4, -0.2) is 58.8 Å². The highest BCUT2D eigenvalue weighted by molar-refractivity contribution is 14.0. The SMILES string of the molecule is CC(C)(C)OC(=O)C[C@H](NC(=O)CCCC(=O)Nc1ccc(C(=N)N)cc1)C(=O)N[C@@H](Cc1ccccc1)C(=O)OC(C)(C)C.I. The molecule has 2 rings (SSSR count). The number of nitrogens with two attached hydrogens (primary N) is 1. The zero-order valence-electron chi connectivity index (χ0n) is 27.2. The molecule has 0 heterocycles. The summed E-state index contributed by atoms with van der Waals surface area (Å²) in [4.78, 5) is 64.5. The van der Waals surface area contributed by atoms with Gasteiger partial charge in [0.05, 0.1) is 6.42 Å². The molecule has 2 aromatic rings. The molecule has 0 aromatic heterocycles. The Balaban J connectivity index is 0.0000106. The molecular weight excluding hydrogens is 705 g/mol. The number of amides is 3. The molecule has 2 aromatic carbocycles. The lowest BCUT2D eigenvalue weighted by molar-refractivity contribution is -0.159. The third-order valence-electron chi connectivity index (χ3n) is 6.02. The molecule has 2 atom stereocenters. The summed E-state index contributed by atoms with van der Waals surface area (Å²) < 4.78 is 10.9. The molecule has 0 bridgehead atoms. The highest BCUT2D eigenvalue weighted by Gasteiger charge is 2.32. The van der Waals surface area contributed by atoms with Gasteiger partial charge in [-0.15, -0.1) is 24.0 Å². The molecule has 0 aliphatic heterocycles. The van der Waals surface area contributed by atoms with Crippen LogP contribution in [0.1, 0.15) is 78.4 Å². The Hall–Kier alpha value is -4.01. The fourth-order valence-corrected chi connectivity index (χ4v) is 4.08. The standard InChI is InChI=1S/C33H45N5O7.HI/c1-32(2,3)44-28(41)20-24(30(42)38-25(31(43)45-33(4,5)6)19-21-11-8-7-9-12-21)37-27(40)14-10-13-26(39)36-23-17-15-22(16-18-23)29(34)35;/h7-9,11-12,15-18,24-25H,10,13-14,19-20H2,1-6H3,(H3,34,35)(H,36,39)(H,37,40)(H,38,42);1H/t24-,25-;/m0./s1. The van der Waals surface area contributed by atoms with Crippen LogP contribution >= 0.6 is 24.0 Å². The largest absolute Gasteiger partial charge is 0.460 e. The molecule has 46 heavy (non-hydrogen) atoms. The zero-order valence-corrected chi connectivity index (χ0v) is 29.6. The number of esters is 2. The van der Waals surface area contributed by atoms with E-state index in [0.717, 1.165) is 5.56 Å². The van der Waals surface area contributed by atoms with E-state index in [-0.39, 0.29) is 61.4 Å². The van der Waals surface area contributed by atoms with Crippen molar-refractivity contribution in [3.05, 3.63) is 65.7 Å². The first-order valence-corrected chi connectivity index (χ1v) is 14.7. The predicted molar refractivity (Wildman–Crippen MR) is 186 cm³/mol. The molecule has 6 N–H and O–H groups in total. The number of amidine groups is 1. The van der Waals surface area contributed by atoms with Gasteiger partial charge in [0.15, 0.2) is 0 Å². The van der Waals surface area contributed by atoms with Crippen LogP contribution in [0.2, 0.25) is 0 Å². The van der Waals surface area contributed by atoms with E-state index < -0.39 is 53.5 Å². The van der Waals surface area contributed by atoms with Gasteiger partial charge in [0.2, 0.25) is 17.7 Å². The van der Waals surface area contributed by atoms with Crippen LogP contribution in [0.25, 0.3) is 0 Å². The fraction of sp³-hybridized carbons (Fsp3) is 0.455. The van der Waals surface area contributed by atoms with Gasteiger partial charge in [0.1, 0.15) is 29.1 Å². The summed E-state index contributed by atoms with van der Waals surface area (Å²) in [7, 11) is 0. The maximum Gasteiger partial charge on any atom is 0.329 e. The van der Waals surface area contributed by atoms with Crippen LogP contribution in [-0.2, 0) is 39.9 Å². The van der Waals surface area contributed by atoms with Gasteiger partial charge in [0, 0.05) is 30.5 Å². The van der Waals surface area contributed by atoms with E-state index >= 15 is 0 Å². The molecule has 0 saturated carbocycles. The molecule has 252 valence electrons. The minimum Gasteiger partial charge on any atom is -0.460 e. The number of anilines is 1. The maximum absolute atomic E-state index is 13.5. The van der Waals surface area contributed by atoms with Crippen molar-refractivity contribution in [2.24, 2.45) is 5.73 Å². The van der Waals surface area contributed by atoms with Crippen LogP contribution in [0, 0.1) is 5.41 Å². The van der Waals surface area contributed by atoms with Gasteiger partial charge in [-0.2, -0.15) is 0 Å². The van der Waals surface area contributed by atoms with Crippen molar-refractivity contribution >= 4 is 65.2 Å². The quantitative estimate of drug-likeness (QED) is 0.0829. The average molecular weight is 752 g/mol. The Morgan fingerprint density at radius 2 is 1.35 bits per heavy atom. The molecule has 12 nitrogen and oxygen atoms in total. The number of carbonyl (C=O) groups is 5. The van der Waals surface area contributed by atoms with E-state index in [0.29, 0.717) is 11.3 Å². The summed E-state index contributed by atoms with van der Waals surface area (Å²) in [6.07, 6.45) is -0.269. The van der Waals surface area contributed by atoms with Crippen molar-refractivity contribution in [1.29, 1.82) is 5.41 Å². The lowest BCUT2D eigenvalue weighted by Gasteiger charge is -2.27. The van der Waals surface area contributed by atoms with E-state index in [2.05, 4.69) is 16.0 Å². The number of nitrogens with one attached hydrogen (secondary N) is 4. The number of carbonyl (C=O) groups excluding carboxylic acids is 5. The van der Waals surface area contributed by atoms with Crippen molar-refractivity contribution in [2.75, 3.05) is 5.32 Å². The predicted octanol–water partition coefficient (Wildman–Crippen LogP) is 3.98. The topological polar surface area (TPSA) is 190 Å². The van der Waals surface area contributed by atoms with Crippen molar-refractivity contribution in [3.8, 4) is 0 Å². The van der Waals surface area contributed by atoms with Crippen LogP contribution in [0.4, 0.5) is 5.69 Å². The fourth-order valence-electron chi connectivity index (χ4n) is 4.08. The van der Waals surface area contributed by atoms with E-state index in [4.69, 9.17) is 20.6 Å². The number of benzene rings is 2. The molecule has 3 amide bonds. The van der Waals surface area contributed by atoms with Gasteiger partial charge < -0.3 is 31.2 Å². The van der Waals surface area contributed by atoms with Crippen LogP contribution in [0.5, 0.6) is 0 Å². The number of hydrogen-bond donors (Lipinski definition) is 5. The molecule has 0 spiro atoms. The molecule has 13 heteroatoms.